The third kappa shape index (κ3) is 2.85. The molecule has 3 aliphatic heterocycles. The van der Waals surface area contributed by atoms with Crippen molar-refractivity contribution in [3.8, 4) is 11.8 Å². The Morgan fingerprint density at radius 1 is 1.42 bits per heavy atom. The average Bonchev–Trinajstić information content (AvgIpc) is 3.13. The molecule has 0 radical (unpaired) electrons. The summed E-state index contributed by atoms with van der Waals surface area (Å²) in [6.45, 7) is 5.54. The van der Waals surface area contributed by atoms with Crippen LogP contribution in [-0.4, -0.2) is 35.1 Å². The Kier molecular flexibility index (Phi) is 4.80. The summed E-state index contributed by atoms with van der Waals surface area (Å²) in [5, 5.41) is 0. The number of carbonyl (C=O) groups excluding carboxylic acids is 1. The molecule has 0 amide bonds. The molecule has 0 aromatic carbocycles. The summed E-state index contributed by atoms with van der Waals surface area (Å²) in [7, 11) is 0. The van der Waals surface area contributed by atoms with E-state index in [0.29, 0.717) is 12.1 Å². The number of rotatable bonds is 4. The Morgan fingerprint density at radius 2 is 2.31 bits per heavy atom. The summed E-state index contributed by atoms with van der Waals surface area (Å²) in [4.78, 5) is 14.7. The van der Waals surface area contributed by atoms with Crippen molar-refractivity contribution < 1.29 is 9.53 Å². The predicted octanol–water partition coefficient (Wildman–Crippen LogP) is 4.31. The molecule has 1 spiro atoms. The second-order valence-electron chi connectivity index (χ2n) is 7.94. The predicted molar refractivity (Wildman–Crippen MR) is 103 cm³/mol. The Hall–Kier alpha value is -1.79. The van der Waals surface area contributed by atoms with Crippen LogP contribution in [0.25, 0.3) is 0 Å². The highest BCUT2D eigenvalue weighted by atomic mass is 16.6. The third-order valence-electron chi connectivity index (χ3n) is 6.41. The number of ether oxygens (including phenoxy) is 1. The third-order valence-corrected chi connectivity index (χ3v) is 6.41. The molecule has 3 nitrogen and oxygen atoms in total. The van der Waals surface area contributed by atoms with Crippen LogP contribution in [-0.2, 0) is 9.53 Å². The van der Waals surface area contributed by atoms with Crippen LogP contribution in [0.15, 0.2) is 34.9 Å². The molecule has 3 unspecified atom stereocenters. The van der Waals surface area contributed by atoms with Gasteiger partial charge in [0, 0.05) is 36.1 Å². The Morgan fingerprint density at radius 3 is 3.12 bits per heavy atom. The summed E-state index contributed by atoms with van der Waals surface area (Å²) in [5.41, 5.74) is 3.15. The van der Waals surface area contributed by atoms with Gasteiger partial charge < -0.3 is 4.74 Å². The molecule has 3 heteroatoms. The molecular weight excluding hydrogens is 322 g/mol. The monoisotopic (exact) mass is 351 g/mol. The van der Waals surface area contributed by atoms with Gasteiger partial charge in [-0.05, 0) is 32.2 Å². The summed E-state index contributed by atoms with van der Waals surface area (Å²) in [5.74, 6) is 6.53. The highest BCUT2D eigenvalue weighted by Gasteiger charge is 2.61. The minimum absolute atomic E-state index is 0.183. The topological polar surface area (TPSA) is 29.5 Å². The molecule has 138 valence electrons. The maximum atomic E-state index is 12.1. The molecule has 26 heavy (non-hydrogen) atoms. The Labute approximate surface area is 157 Å². The second-order valence-corrected chi connectivity index (χ2v) is 7.94. The van der Waals surface area contributed by atoms with Crippen molar-refractivity contribution in [3.05, 3.63) is 34.9 Å². The molecule has 4 aliphatic rings. The smallest absolute Gasteiger partial charge is 0.332 e. The maximum Gasteiger partial charge on any atom is 0.332 e. The van der Waals surface area contributed by atoms with E-state index >= 15 is 0 Å². The van der Waals surface area contributed by atoms with E-state index in [2.05, 4.69) is 42.7 Å². The molecule has 4 rings (SSSR count). The maximum absolute atomic E-state index is 12.1. The van der Waals surface area contributed by atoms with Gasteiger partial charge in [-0.25, -0.2) is 4.79 Å². The van der Waals surface area contributed by atoms with E-state index in [-0.39, 0.29) is 5.97 Å². The average molecular weight is 351 g/mol. The van der Waals surface area contributed by atoms with Gasteiger partial charge in [0.1, 0.15) is 0 Å². The van der Waals surface area contributed by atoms with Gasteiger partial charge in [0.25, 0.3) is 0 Å². The number of fused-ring (bicyclic) bond motifs is 3. The van der Waals surface area contributed by atoms with Crippen molar-refractivity contribution in [1.29, 1.82) is 0 Å². The molecule has 3 atom stereocenters. The Bertz CT molecular complexity index is 748. The van der Waals surface area contributed by atoms with E-state index in [1.54, 1.807) is 6.08 Å². The van der Waals surface area contributed by atoms with Gasteiger partial charge in [-0.1, -0.05) is 56.3 Å². The fraction of sp³-hybridized carbons (Fsp3) is 0.609. The van der Waals surface area contributed by atoms with Crippen LogP contribution in [0.5, 0.6) is 0 Å². The van der Waals surface area contributed by atoms with Crippen molar-refractivity contribution in [2.45, 2.75) is 82.9 Å². The minimum Gasteiger partial charge on any atom is -0.449 e. The van der Waals surface area contributed by atoms with E-state index < -0.39 is 5.60 Å². The molecule has 0 aromatic heterocycles. The highest BCUT2D eigenvalue weighted by molar-refractivity contribution is 5.90. The molecule has 1 aliphatic carbocycles. The molecule has 2 bridgehead atoms. The first-order valence-corrected chi connectivity index (χ1v) is 10.3. The van der Waals surface area contributed by atoms with Crippen LogP contribution in [0.2, 0.25) is 0 Å². The number of esters is 1. The van der Waals surface area contributed by atoms with Gasteiger partial charge in [-0.3, -0.25) is 4.90 Å². The number of hydrogen-bond acceptors (Lipinski definition) is 3. The van der Waals surface area contributed by atoms with Gasteiger partial charge in [-0.2, -0.15) is 0 Å². The number of hydrogen-bond donors (Lipinski definition) is 0. The molecule has 0 N–H and O–H groups in total. The number of allylic oxidation sites excluding steroid dienone is 2. The van der Waals surface area contributed by atoms with Crippen molar-refractivity contribution >= 4 is 5.97 Å². The van der Waals surface area contributed by atoms with E-state index in [4.69, 9.17) is 4.74 Å². The quantitative estimate of drug-likeness (QED) is 0.429. The molecule has 2 saturated heterocycles. The largest absolute Gasteiger partial charge is 0.449 e. The lowest BCUT2D eigenvalue weighted by Gasteiger charge is -2.38. The molecule has 3 heterocycles. The van der Waals surface area contributed by atoms with Crippen LogP contribution >= 0.6 is 0 Å². The lowest BCUT2D eigenvalue weighted by Crippen LogP contribution is -2.48. The SMILES string of the molecule is CCCC(=CCC#CC1=CC2CC3(OC(=O)C=C13)C1CCCCN21)CC. The Balaban J connectivity index is 1.59. The zero-order valence-corrected chi connectivity index (χ0v) is 16.0. The number of carbonyl (C=O) groups is 1. The zero-order valence-electron chi connectivity index (χ0n) is 16.0. The second kappa shape index (κ2) is 7.08. The van der Waals surface area contributed by atoms with Crippen LogP contribution in [0.4, 0.5) is 0 Å². The fourth-order valence-electron chi connectivity index (χ4n) is 5.26. The van der Waals surface area contributed by atoms with E-state index in [9.17, 15) is 4.79 Å². The number of nitrogens with zero attached hydrogens (tertiary/aromatic N) is 1. The number of piperidine rings is 1. The minimum atomic E-state index is -0.423. The van der Waals surface area contributed by atoms with Crippen molar-refractivity contribution in [2.75, 3.05) is 6.54 Å². The normalized spacial score (nSPS) is 32.8. The van der Waals surface area contributed by atoms with Crippen molar-refractivity contribution in [2.24, 2.45) is 0 Å². The van der Waals surface area contributed by atoms with Gasteiger partial charge in [0.2, 0.25) is 0 Å². The molecule has 0 saturated carbocycles. The van der Waals surface area contributed by atoms with Crippen molar-refractivity contribution in [3.63, 3.8) is 0 Å². The van der Waals surface area contributed by atoms with E-state index in [0.717, 1.165) is 49.8 Å². The standard InChI is InChI=1S/C23H29NO2/c1-3-9-17(4-2)10-5-6-11-18-14-19-16-23(20(18)15-22(25)26-23)21-12-7-8-13-24(19)21/h10,14-15,19,21H,3-5,7-9,12-13,16H2,1-2H3. The summed E-state index contributed by atoms with van der Waals surface area (Å²) in [6, 6.07) is 0.708. The van der Waals surface area contributed by atoms with E-state index in [1.807, 2.05) is 0 Å². The summed E-state index contributed by atoms with van der Waals surface area (Å²) in [6.07, 6.45) is 15.0. The van der Waals surface area contributed by atoms with Gasteiger partial charge in [-0.15, -0.1) is 0 Å². The summed E-state index contributed by atoms with van der Waals surface area (Å²) < 4.78 is 5.94. The zero-order chi connectivity index (χ0) is 18.1. The van der Waals surface area contributed by atoms with Gasteiger partial charge >= 0.3 is 5.97 Å². The fourth-order valence-corrected chi connectivity index (χ4v) is 5.26. The molecular formula is C23H29NO2. The molecule has 2 fully saturated rings. The van der Waals surface area contributed by atoms with Crippen LogP contribution in [0, 0.1) is 11.8 Å². The first kappa shape index (κ1) is 17.6. The highest BCUT2D eigenvalue weighted by Crippen LogP contribution is 2.53. The first-order valence-electron chi connectivity index (χ1n) is 10.3. The first-order chi connectivity index (χ1) is 12.7. The molecule has 0 aromatic rings. The van der Waals surface area contributed by atoms with Gasteiger partial charge in [0.05, 0.1) is 6.04 Å². The van der Waals surface area contributed by atoms with Gasteiger partial charge in [0.15, 0.2) is 5.60 Å². The van der Waals surface area contributed by atoms with Crippen LogP contribution < -0.4 is 0 Å². The van der Waals surface area contributed by atoms with Crippen molar-refractivity contribution in [1.82, 2.24) is 4.90 Å². The van der Waals surface area contributed by atoms with Crippen LogP contribution in [0.1, 0.15) is 65.2 Å². The van der Waals surface area contributed by atoms with Crippen LogP contribution in [0.3, 0.4) is 0 Å². The lowest BCUT2D eigenvalue weighted by molar-refractivity contribution is -0.148. The lowest BCUT2D eigenvalue weighted by atomic mass is 9.77. The summed E-state index contributed by atoms with van der Waals surface area (Å²) >= 11 is 0. The van der Waals surface area contributed by atoms with E-state index in [1.165, 1.54) is 24.8 Å².